The summed E-state index contributed by atoms with van der Waals surface area (Å²) in [6, 6.07) is 9.51. The number of hydrogen-bond donors (Lipinski definition) is 5. The Balaban J connectivity index is 1.78. The molecule has 1 fully saturated rings. The van der Waals surface area contributed by atoms with Gasteiger partial charge in [0.05, 0.1) is 25.4 Å². The van der Waals surface area contributed by atoms with Gasteiger partial charge in [-0.2, -0.15) is 0 Å². The molecule has 5 atom stereocenters. The zero-order valence-electron chi connectivity index (χ0n) is 14.5. The number of nitrogens with one attached hydrogen (secondary N) is 1. The molecule has 8 nitrogen and oxygen atoms in total. The Bertz CT molecular complexity index is 542. The number of carbonyl (C=O) groups excluding carboxylic acids is 1. The summed E-state index contributed by atoms with van der Waals surface area (Å²) in [5, 5.41) is 40.6. The van der Waals surface area contributed by atoms with Gasteiger partial charge in [0.15, 0.2) is 6.29 Å². The normalized spacial score (nSPS) is 27.1. The van der Waals surface area contributed by atoms with Gasteiger partial charge < -0.3 is 35.2 Å². The van der Waals surface area contributed by atoms with Crippen LogP contribution >= 0.6 is 0 Å². The second-order valence-corrected chi connectivity index (χ2v) is 6.37. The molecule has 1 saturated heterocycles. The lowest BCUT2D eigenvalue weighted by Crippen LogP contribution is -2.53. The second kappa shape index (κ2) is 10.6. The molecular weight excluding hydrogens is 342 g/mol. The van der Waals surface area contributed by atoms with Crippen molar-refractivity contribution in [3.8, 4) is 0 Å². The molecule has 1 unspecified atom stereocenters. The van der Waals surface area contributed by atoms with Crippen molar-refractivity contribution < 1.29 is 34.7 Å². The van der Waals surface area contributed by atoms with Gasteiger partial charge in [-0.05, 0) is 12.0 Å². The van der Waals surface area contributed by atoms with Crippen LogP contribution < -0.4 is 5.32 Å². The van der Waals surface area contributed by atoms with E-state index in [-0.39, 0.29) is 31.7 Å². The lowest BCUT2D eigenvalue weighted by atomic mass is 10.0. The van der Waals surface area contributed by atoms with Crippen LogP contribution in [0.25, 0.3) is 0 Å². The van der Waals surface area contributed by atoms with E-state index < -0.39 is 37.3 Å². The van der Waals surface area contributed by atoms with Crippen molar-refractivity contribution in [2.45, 2.75) is 56.6 Å². The third-order valence-corrected chi connectivity index (χ3v) is 4.23. The fraction of sp³-hybridized carbons (Fsp3) is 0.611. The quantitative estimate of drug-likeness (QED) is 0.389. The smallest absolute Gasteiger partial charge is 0.220 e. The van der Waals surface area contributed by atoms with E-state index in [1.54, 1.807) is 0 Å². The molecule has 0 aliphatic carbocycles. The van der Waals surface area contributed by atoms with Crippen LogP contribution in [0.5, 0.6) is 0 Å². The molecule has 1 aliphatic rings. The van der Waals surface area contributed by atoms with Crippen molar-refractivity contribution >= 4 is 5.91 Å². The predicted molar refractivity (Wildman–Crippen MR) is 91.9 cm³/mol. The van der Waals surface area contributed by atoms with Crippen LogP contribution in [-0.4, -0.2) is 70.2 Å². The van der Waals surface area contributed by atoms with E-state index in [0.29, 0.717) is 6.61 Å². The predicted octanol–water partition coefficient (Wildman–Crippen LogP) is -0.710. The maximum absolute atomic E-state index is 11.8. The molecule has 1 heterocycles. The summed E-state index contributed by atoms with van der Waals surface area (Å²) in [7, 11) is 0. The van der Waals surface area contributed by atoms with Crippen molar-refractivity contribution in [2.24, 2.45) is 0 Å². The van der Waals surface area contributed by atoms with Crippen molar-refractivity contribution in [1.82, 2.24) is 5.32 Å². The minimum atomic E-state index is -1.13. The van der Waals surface area contributed by atoms with Gasteiger partial charge in [-0.15, -0.1) is 0 Å². The lowest BCUT2D eigenvalue weighted by molar-refractivity contribution is -0.252. The highest BCUT2D eigenvalue weighted by Crippen LogP contribution is 2.22. The Morgan fingerprint density at radius 1 is 1.31 bits per heavy atom. The molecule has 0 spiro atoms. The first-order chi connectivity index (χ1) is 12.5. The van der Waals surface area contributed by atoms with Gasteiger partial charge >= 0.3 is 0 Å². The van der Waals surface area contributed by atoms with Crippen LogP contribution in [0.1, 0.15) is 24.8 Å². The monoisotopic (exact) mass is 369 g/mol. The third-order valence-electron chi connectivity index (χ3n) is 4.23. The number of amides is 1. The third kappa shape index (κ3) is 6.64. The molecule has 8 heteroatoms. The van der Waals surface area contributed by atoms with E-state index in [9.17, 15) is 20.1 Å². The molecule has 0 saturated carbocycles. The first-order valence-electron chi connectivity index (χ1n) is 8.72. The molecule has 1 amide bonds. The second-order valence-electron chi connectivity index (χ2n) is 6.37. The molecule has 5 N–H and O–H groups in total. The van der Waals surface area contributed by atoms with Crippen molar-refractivity contribution in [2.75, 3.05) is 13.2 Å². The van der Waals surface area contributed by atoms with Crippen LogP contribution in [0, 0.1) is 0 Å². The number of aliphatic hydroxyl groups is 4. The molecule has 0 radical (unpaired) electrons. The Labute approximate surface area is 152 Å². The number of ether oxygens (including phenoxy) is 2. The fourth-order valence-corrected chi connectivity index (χ4v) is 2.65. The fourth-order valence-electron chi connectivity index (χ4n) is 2.65. The van der Waals surface area contributed by atoms with Gasteiger partial charge in [0.2, 0.25) is 5.91 Å². The molecular formula is C18H27NO7. The van der Waals surface area contributed by atoms with Crippen LogP contribution in [-0.2, 0) is 20.9 Å². The van der Waals surface area contributed by atoms with Gasteiger partial charge in [0.25, 0.3) is 0 Å². The number of benzene rings is 1. The van der Waals surface area contributed by atoms with Crippen molar-refractivity contribution in [1.29, 1.82) is 0 Å². The summed E-state index contributed by atoms with van der Waals surface area (Å²) in [6.07, 6.45) is -4.24. The Kier molecular flexibility index (Phi) is 8.43. The highest BCUT2D eigenvalue weighted by atomic mass is 16.7. The van der Waals surface area contributed by atoms with Crippen molar-refractivity contribution in [3.05, 3.63) is 35.9 Å². The highest BCUT2D eigenvalue weighted by Gasteiger charge is 2.37. The number of rotatable bonds is 9. The van der Waals surface area contributed by atoms with Crippen LogP contribution in [0.15, 0.2) is 30.3 Å². The van der Waals surface area contributed by atoms with Gasteiger partial charge in [-0.25, -0.2) is 0 Å². The molecule has 1 aromatic carbocycles. The summed E-state index contributed by atoms with van der Waals surface area (Å²) in [5.74, 6) is -0.338. The molecule has 0 bridgehead atoms. The maximum atomic E-state index is 11.8. The standard InChI is InChI=1S/C18H27NO7/c20-10-13(21)6-7-16(23)19-9-15-18(24)14(22)8-17(26-15)25-11-12-4-2-1-3-5-12/h1-5,13-15,17-18,20-22,24H,6-11H2,(H,19,23)/t13?,14-,15-,17+,18+/m1/s1. The number of hydrogen-bond acceptors (Lipinski definition) is 7. The largest absolute Gasteiger partial charge is 0.394 e. The molecule has 2 rings (SSSR count). The summed E-state index contributed by atoms with van der Waals surface area (Å²) in [4.78, 5) is 11.8. The SMILES string of the molecule is O=C(CCC(O)CO)NC[C@H]1O[C@H](OCc2ccccc2)C[C@@H](O)[C@@H]1O. The van der Waals surface area contributed by atoms with Gasteiger partial charge in [-0.1, -0.05) is 30.3 Å². The summed E-state index contributed by atoms with van der Waals surface area (Å²) in [5.41, 5.74) is 0.962. The van der Waals surface area contributed by atoms with Crippen LogP contribution in [0.3, 0.4) is 0 Å². The van der Waals surface area contributed by atoms with E-state index >= 15 is 0 Å². The first kappa shape index (κ1) is 20.8. The lowest BCUT2D eigenvalue weighted by Gasteiger charge is -2.37. The van der Waals surface area contributed by atoms with Crippen LogP contribution in [0.2, 0.25) is 0 Å². The Morgan fingerprint density at radius 2 is 2.04 bits per heavy atom. The first-order valence-corrected chi connectivity index (χ1v) is 8.72. The zero-order valence-corrected chi connectivity index (χ0v) is 14.5. The minimum Gasteiger partial charge on any atom is -0.394 e. The molecule has 1 aromatic rings. The van der Waals surface area contributed by atoms with E-state index in [0.717, 1.165) is 5.56 Å². The van der Waals surface area contributed by atoms with E-state index in [1.807, 2.05) is 30.3 Å². The van der Waals surface area contributed by atoms with E-state index in [1.165, 1.54) is 0 Å². The topological polar surface area (TPSA) is 128 Å². The van der Waals surface area contributed by atoms with E-state index in [4.69, 9.17) is 14.6 Å². The van der Waals surface area contributed by atoms with Gasteiger partial charge in [0.1, 0.15) is 12.2 Å². The summed E-state index contributed by atoms with van der Waals surface area (Å²) in [6.45, 7) is -0.0751. The molecule has 26 heavy (non-hydrogen) atoms. The Morgan fingerprint density at radius 3 is 2.73 bits per heavy atom. The summed E-state index contributed by atoms with van der Waals surface area (Å²) < 4.78 is 11.3. The molecule has 1 aliphatic heterocycles. The molecule has 0 aromatic heterocycles. The van der Waals surface area contributed by atoms with Crippen molar-refractivity contribution in [3.63, 3.8) is 0 Å². The van der Waals surface area contributed by atoms with Gasteiger partial charge in [-0.3, -0.25) is 4.79 Å². The number of aliphatic hydroxyl groups excluding tert-OH is 4. The average molecular weight is 369 g/mol. The van der Waals surface area contributed by atoms with Crippen LogP contribution in [0.4, 0.5) is 0 Å². The van der Waals surface area contributed by atoms with E-state index in [2.05, 4.69) is 5.32 Å². The van der Waals surface area contributed by atoms with Gasteiger partial charge in [0, 0.05) is 19.4 Å². The average Bonchev–Trinajstić information content (AvgIpc) is 2.66. The highest BCUT2D eigenvalue weighted by molar-refractivity contribution is 5.75. The molecule has 146 valence electrons. The Hall–Kier alpha value is -1.55. The minimum absolute atomic E-state index is 0.0114. The summed E-state index contributed by atoms with van der Waals surface area (Å²) >= 11 is 0. The zero-order chi connectivity index (χ0) is 18.9. The maximum Gasteiger partial charge on any atom is 0.220 e. The number of carbonyl (C=O) groups is 1.